The van der Waals surface area contributed by atoms with Gasteiger partial charge in [-0.25, -0.2) is 9.59 Å². The molecule has 1 heterocycles. The maximum atomic E-state index is 12.3. The SMILES string of the molecule is CCOC(=O)C1=C(CCl)NC(=O)N[C@H]1c1ccccc1OC. The fourth-order valence-corrected chi connectivity index (χ4v) is 2.52. The van der Waals surface area contributed by atoms with Gasteiger partial charge in [0.2, 0.25) is 0 Å². The molecule has 118 valence electrons. The summed E-state index contributed by atoms with van der Waals surface area (Å²) in [7, 11) is 1.53. The number of nitrogens with one attached hydrogen (secondary N) is 2. The van der Waals surface area contributed by atoms with Gasteiger partial charge in [0, 0.05) is 11.3 Å². The van der Waals surface area contributed by atoms with Gasteiger partial charge in [-0.3, -0.25) is 0 Å². The van der Waals surface area contributed by atoms with Crippen molar-refractivity contribution in [1.29, 1.82) is 0 Å². The molecule has 0 radical (unpaired) electrons. The van der Waals surface area contributed by atoms with Crippen molar-refractivity contribution in [3.63, 3.8) is 0 Å². The number of ether oxygens (including phenoxy) is 2. The maximum absolute atomic E-state index is 12.3. The van der Waals surface area contributed by atoms with Gasteiger partial charge >= 0.3 is 12.0 Å². The number of para-hydroxylation sites is 1. The summed E-state index contributed by atoms with van der Waals surface area (Å²) in [6.45, 7) is 1.94. The molecule has 22 heavy (non-hydrogen) atoms. The Labute approximate surface area is 133 Å². The number of benzene rings is 1. The van der Waals surface area contributed by atoms with Gasteiger partial charge in [0.05, 0.1) is 31.2 Å². The van der Waals surface area contributed by atoms with Crippen molar-refractivity contribution in [2.24, 2.45) is 0 Å². The number of halogens is 1. The van der Waals surface area contributed by atoms with E-state index in [1.165, 1.54) is 7.11 Å². The summed E-state index contributed by atoms with van der Waals surface area (Å²) in [5.41, 5.74) is 1.27. The lowest BCUT2D eigenvalue weighted by molar-refractivity contribution is -0.139. The van der Waals surface area contributed by atoms with Crippen LogP contribution >= 0.6 is 11.6 Å². The predicted molar refractivity (Wildman–Crippen MR) is 81.8 cm³/mol. The first-order valence-electron chi connectivity index (χ1n) is 6.78. The number of amides is 2. The van der Waals surface area contributed by atoms with Gasteiger partial charge < -0.3 is 20.1 Å². The largest absolute Gasteiger partial charge is 0.496 e. The average molecular weight is 325 g/mol. The second-order valence-electron chi connectivity index (χ2n) is 4.52. The molecule has 1 aromatic rings. The zero-order chi connectivity index (χ0) is 16.1. The molecule has 0 fully saturated rings. The fourth-order valence-electron chi connectivity index (χ4n) is 2.31. The molecule has 1 aliphatic rings. The molecule has 2 amide bonds. The Balaban J connectivity index is 2.54. The number of urea groups is 1. The second kappa shape index (κ2) is 7.17. The summed E-state index contributed by atoms with van der Waals surface area (Å²) in [5.74, 6) is 0.0275. The number of allylic oxidation sites excluding steroid dienone is 1. The summed E-state index contributed by atoms with van der Waals surface area (Å²) >= 11 is 5.87. The summed E-state index contributed by atoms with van der Waals surface area (Å²) in [4.78, 5) is 24.1. The van der Waals surface area contributed by atoms with Crippen molar-refractivity contribution >= 4 is 23.6 Å². The van der Waals surface area contributed by atoms with E-state index in [2.05, 4.69) is 10.6 Å². The molecule has 0 aliphatic carbocycles. The molecule has 0 spiro atoms. The minimum Gasteiger partial charge on any atom is -0.496 e. The first kappa shape index (κ1) is 16.2. The third kappa shape index (κ3) is 3.17. The monoisotopic (exact) mass is 324 g/mol. The summed E-state index contributed by atoms with van der Waals surface area (Å²) in [5, 5.41) is 5.26. The van der Waals surface area contributed by atoms with Crippen molar-refractivity contribution in [2.75, 3.05) is 19.6 Å². The molecule has 1 aromatic carbocycles. The first-order chi connectivity index (χ1) is 10.6. The molecule has 2 N–H and O–H groups in total. The topological polar surface area (TPSA) is 76.7 Å². The molecular formula is C15H17ClN2O4. The normalized spacial score (nSPS) is 17.6. The van der Waals surface area contributed by atoms with Crippen LogP contribution in [0.15, 0.2) is 35.5 Å². The molecule has 7 heteroatoms. The highest BCUT2D eigenvalue weighted by molar-refractivity contribution is 6.20. The Morgan fingerprint density at radius 3 is 2.73 bits per heavy atom. The van der Waals surface area contributed by atoms with E-state index in [0.717, 1.165) is 0 Å². The van der Waals surface area contributed by atoms with Gasteiger partial charge in [0.25, 0.3) is 0 Å². The second-order valence-corrected chi connectivity index (χ2v) is 4.79. The number of carbonyl (C=O) groups excluding carboxylic acids is 2. The maximum Gasteiger partial charge on any atom is 0.338 e. The van der Waals surface area contributed by atoms with Crippen molar-refractivity contribution in [3.05, 3.63) is 41.1 Å². The highest BCUT2D eigenvalue weighted by Crippen LogP contribution is 2.33. The minimum atomic E-state index is -0.683. The van der Waals surface area contributed by atoms with E-state index in [1.807, 2.05) is 0 Å². The van der Waals surface area contributed by atoms with Crippen LogP contribution in [0.4, 0.5) is 4.79 Å². The van der Waals surface area contributed by atoms with Gasteiger partial charge in [-0.05, 0) is 13.0 Å². The number of methoxy groups -OCH3 is 1. The highest BCUT2D eigenvalue weighted by atomic mass is 35.5. The van der Waals surface area contributed by atoms with Crippen LogP contribution in [0.1, 0.15) is 18.5 Å². The first-order valence-corrected chi connectivity index (χ1v) is 7.32. The van der Waals surface area contributed by atoms with Crippen LogP contribution in [0, 0.1) is 0 Å². The molecule has 1 atom stereocenters. The van der Waals surface area contributed by atoms with Crippen LogP contribution in [0.3, 0.4) is 0 Å². The Morgan fingerprint density at radius 1 is 1.36 bits per heavy atom. The quantitative estimate of drug-likeness (QED) is 0.642. The van der Waals surface area contributed by atoms with E-state index in [0.29, 0.717) is 17.0 Å². The van der Waals surface area contributed by atoms with Crippen LogP contribution in [-0.4, -0.2) is 31.6 Å². The number of alkyl halides is 1. The Hall–Kier alpha value is -2.21. The minimum absolute atomic E-state index is 0.00673. The molecule has 0 bridgehead atoms. The molecule has 0 unspecified atom stereocenters. The fraction of sp³-hybridized carbons (Fsp3) is 0.333. The highest BCUT2D eigenvalue weighted by Gasteiger charge is 2.34. The number of esters is 1. The van der Waals surface area contributed by atoms with Gasteiger partial charge in [-0.15, -0.1) is 11.6 Å². The van der Waals surface area contributed by atoms with Gasteiger partial charge in [0.1, 0.15) is 5.75 Å². The van der Waals surface area contributed by atoms with Crippen molar-refractivity contribution in [3.8, 4) is 5.75 Å². The van der Waals surface area contributed by atoms with Crippen molar-refractivity contribution < 1.29 is 19.1 Å². The van der Waals surface area contributed by atoms with Crippen molar-refractivity contribution in [1.82, 2.24) is 10.6 Å². The third-order valence-electron chi connectivity index (χ3n) is 3.23. The standard InChI is InChI=1S/C15H17ClN2O4/c1-3-22-14(19)12-10(8-16)17-15(20)18-13(12)9-6-4-5-7-11(9)21-2/h4-7,13H,3,8H2,1-2H3,(H2,17,18,20)/t13-/m0/s1. The summed E-state index contributed by atoms with van der Waals surface area (Å²) in [6.07, 6.45) is 0. The van der Waals surface area contributed by atoms with Crippen LogP contribution in [0.5, 0.6) is 5.75 Å². The Morgan fingerprint density at radius 2 is 2.09 bits per heavy atom. The van der Waals surface area contributed by atoms with E-state index < -0.39 is 18.0 Å². The van der Waals surface area contributed by atoms with E-state index in [-0.39, 0.29) is 18.1 Å². The summed E-state index contributed by atoms with van der Waals surface area (Å²) < 4.78 is 10.4. The van der Waals surface area contributed by atoms with E-state index in [4.69, 9.17) is 21.1 Å². The Bertz CT molecular complexity index is 615. The van der Waals surface area contributed by atoms with Gasteiger partial charge in [-0.2, -0.15) is 0 Å². The smallest absolute Gasteiger partial charge is 0.338 e. The Kier molecular flexibility index (Phi) is 5.27. The number of carbonyl (C=O) groups is 2. The third-order valence-corrected chi connectivity index (χ3v) is 3.50. The number of rotatable bonds is 5. The van der Waals surface area contributed by atoms with E-state index in [1.54, 1.807) is 31.2 Å². The van der Waals surface area contributed by atoms with Gasteiger partial charge in [0.15, 0.2) is 0 Å². The average Bonchev–Trinajstić information content (AvgIpc) is 2.53. The molecule has 6 nitrogen and oxygen atoms in total. The lowest BCUT2D eigenvalue weighted by Crippen LogP contribution is -2.46. The van der Waals surface area contributed by atoms with Crippen LogP contribution in [0.25, 0.3) is 0 Å². The number of hydrogen-bond acceptors (Lipinski definition) is 4. The molecule has 0 saturated carbocycles. The zero-order valence-corrected chi connectivity index (χ0v) is 13.1. The van der Waals surface area contributed by atoms with Crippen LogP contribution in [-0.2, 0) is 9.53 Å². The molecule has 2 rings (SSSR count). The molecule has 0 aromatic heterocycles. The molecule has 0 saturated heterocycles. The lowest BCUT2D eigenvalue weighted by Gasteiger charge is -2.29. The lowest BCUT2D eigenvalue weighted by atomic mass is 9.95. The van der Waals surface area contributed by atoms with E-state index in [9.17, 15) is 9.59 Å². The summed E-state index contributed by atoms with van der Waals surface area (Å²) in [6, 6.07) is 6.03. The van der Waals surface area contributed by atoms with Crippen molar-refractivity contribution in [2.45, 2.75) is 13.0 Å². The van der Waals surface area contributed by atoms with Gasteiger partial charge in [-0.1, -0.05) is 18.2 Å². The molecule has 1 aliphatic heterocycles. The zero-order valence-electron chi connectivity index (χ0n) is 12.3. The van der Waals surface area contributed by atoms with Crippen LogP contribution in [0.2, 0.25) is 0 Å². The predicted octanol–water partition coefficient (Wildman–Crippen LogP) is 2.11. The number of hydrogen-bond donors (Lipinski definition) is 2. The van der Waals surface area contributed by atoms with Crippen LogP contribution < -0.4 is 15.4 Å². The van der Waals surface area contributed by atoms with E-state index >= 15 is 0 Å². The molecular weight excluding hydrogens is 308 g/mol.